The number of esters is 1. The van der Waals surface area contributed by atoms with Gasteiger partial charge in [0, 0.05) is 10.5 Å². The fourth-order valence-corrected chi connectivity index (χ4v) is 2.23. The van der Waals surface area contributed by atoms with Gasteiger partial charge in [-0.05, 0) is 5.53 Å². The van der Waals surface area contributed by atoms with Crippen LogP contribution in [-0.4, -0.2) is 30.8 Å². The minimum Gasteiger partial charge on any atom is -0.457 e. The minimum atomic E-state index is -0.940. The van der Waals surface area contributed by atoms with Gasteiger partial charge in [0.2, 0.25) is 0 Å². The SMILES string of the molecule is [N-]=[N+]=N[C@@H]1C(=O)O[C@@H]2CO[C@H](c3ccccc3)O[C@H]12. The van der Waals surface area contributed by atoms with Crippen molar-refractivity contribution in [3.05, 3.63) is 46.3 Å². The van der Waals surface area contributed by atoms with Crippen LogP contribution < -0.4 is 0 Å². The largest absolute Gasteiger partial charge is 0.457 e. The molecule has 0 spiro atoms. The van der Waals surface area contributed by atoms with Gasteiger partial charge in [-0.3, -0.25) is 4.79 Å². The van der Waals surface area contributed by atoms with Crippen molar-refractivity contribution in [1.29, 1.82) is 0 Å². The van der Waals surface area contributed by atoms with Gasteiger partial charge in [0.15, 0.2) is 18.4 Å². The summed E-state index contributed by atoms with van der Waals surface area (Å²) in [4.78, 5) is 14.2. The lowest BCUT2D eigenvalue weighted by Gasteiger charge is -2.32. The molecule has 4 atom stereocenters. The molecule has 0 N–H and O–H groups in total. The number of ether oxygens (including phenoxy) is 3. The van der Waals surface area contributed by atoms with Crippen molar-refractivity contribution in [2.75, 3.05) is 6.61 Å². The first-order valence-corrected chi connectivity index (χ1v) is 5.86. The van der Waals surface area contributed by atoms with Gasteiger partial charge < -0.3 is 14.2 Å². The smallest absolute Gasteiger partial charge is 0.318 e. The number of hydrogen-bond donors (Lipinski definition) is 0. The first-order valence-electron chi connectivity index (χ1n) is 5.86. The maximum absolute atomic E-state index is 11.6. The van der Waals surface area contributed by atoms with Crippen molar-refractivity contribution < 1.29 is 19.0 Å². The molecule has 2 aliphatic heterocycles. The zero-order valence-corrected chi connectivity index (χ0v) is 9.88. The fourth-order valence-electron chi connectivity index (χ4n) is 2.23. The molecule has 2 saturated heterocycles. The minimum absolute atomic E-state index is 0.230. The summed E-state index contributed by atoms with van der Waals surface area (Å²) in [6.45, 7) is 0.230. The Morgan fingerprint density at radius 3 is 2.84 bits per heavy atom. The Morgan fingerprint density at radius 2 is 2.11 bits per heavy atom. The van der Waals surface area contributed by atoms with Gasteiger partial charge in [-0.15, -0.1) is 0 Å². The predicted octanol–water partition coefficient (Wildman–Crippen LogP) is 1.70. The van der Waals surface area contributed by atoms with E-state index >= 15 is 0 Å². The molecule has 0 amide bonds. The molecular formula is C12H11N3O4. The third-order valence-electron chi connectivity index (χ3n) is 3.13. The van der Waals surface area contributed by atoms with Crippen LogP contribution >= 0.6 is 0 Å². The van der Waals surface area contributed by atoms with E-state index in [9.17, 15) is 4.79 Å². The fraction of sp³-hybridized carbons (Fsp3) is 0.417. The summed E-state index contributed by atoms with van der Waals surface area (Å²) in [5.74, 6) is -0.565. The Kier molecular flexibility index (Phi) is 3.08. The molecule has 2 aliphatic rings. The quantitative estimate of drug-likeness (QED) is 0.350. The van der Waals surface area contributed by atoms with Crippen molar-refractivity contribution in [2.45, 2.75) is 24.5 Å². The highest BCUT2D eigenvalue weighted by Gasteiger charge is 2.49. The number of carbonyl (C=O) groups is 1. The van der Waals surface area contributed by atoms with Gasteiger partial charge in [0.25, 0.3) is 0 Å². The van der Waals surface area contributed by atoms with Gasteiger partial charge >= 0.3 is 5.97 Å². The zero-order chi connectivity index (χ0) is 13.2. The summed E-state index contributed by atoms with van der Waals surface area (Å²) < 4.78 is 16.3. The van der Waals surface area contributed by atoms with E-state index in [-0.39, 0.29) is 6.61 Å². The summed E-state index contributed by atoms with van der Waals surface area (Å²) >= 11 is 0. The van der Waals surface area contributed by atoms with E-state index in [4.69, 9.17) is 19.7 Å². The predicted molar refractivity (Wildman–Crippen MR) is 62.8 cm³/mol. The molecule has 19 heavy (non-hydrogen) atoms. The Morgan fingerprint density at radius 1 is 1.32 bits per heavy atom. The summed E-state index contributed by atoms with van der Waals surface area (Å²) in [7, 11) is 0. The average molecular weight is 261 g/mol. The lowest BCUT2D eigenvalue weighted by molar-refractivity contribution is -0.244. The van der Waals surface area contributed by atoms with Crippen molar-refractivity contribution in [2.24, 2.45) is 5.11 Å². The normalized spacial score (nSPS) is 33.2. The molecule has 0 aliphatic carbocycles. The van der Waals surface area contributed by atoms with Crippen LogP contribution in [0.15, 0.2) is 35.4 Å². The Hall–Kier alpha value is -2.08. The number of benzene rings is 1. The monoisotopic (exact) mass is 261 g/mol. The van der Waals surface area contributed by atoms with Crippen LogP contribution in [0.4, 0.5) is 0 Å². The molecular weight excluding hydrogens is 250 g/mol. The van der Waals surface area contributed by atoms with E-state index in [1.165, 1.54) is 0 Å². The highest BCUT2D eigenvalue weighted by molar-refractivity contribution is 5.79. The second-order valence-electron chi connectivity index (χ2n) is 4.30. The van der Waals surface area contributed by atoms with Crippen LogP contribution in [0.1, 0.15) is 11.9 Å². The summed E-state index contributed by atoms with van der Waals surface area (Å²) in [5.41, 5.74) is 9.33. The number of rotatable bonds is 2. The van der Waals surface area contributed by atoms with Gasteiger partial charge in [-0.2, -0.15) is 0 Å². The Labute approximate surface area is 108 Å². The first-order chi connectivity index (χ1) is 9.29. The van der Waals surface area contributed by atoms with E-state index in [1.807, 2.05) is 30.3 Å². The van der Waals surface area contributed by atoms with Gasteiger partial charge in [0.1, 0.15) is 6.10 Å². The molecule has 98 valence electrons. The third kappa shape index (κ3) is 2.15. The lowest BCUT2D eigenvalue weighted by Crippen LogP contribution is -2.41. The molecule has 2 heterocycles. The van der Waals surface area contributed by atoms with Gasteiger partial charge in [-0.25, -0.2) is 0 Å². The van der Waals surface area contributed by atoms with E-state index in [1.54, 1.807) is 0 Å². The molecule has 0 saturated carbocycles. The van der Waals surface area contributed by atoms with Crippen LogP contribution in [0.2, 0.25) is 0 Å². The van der Waals surface area contributed by atoms with E-state index in [2.05, 4.69) is 10.0 Å². The maximum Gasteiger partial charge on any atom is 0.318 e. The highest BCUT2D eigenvalue weighted by Crippen LogP contribution is 2.33. The topological polar surface area (TPSA) is 93.5 Å². The molecule has 1 aromatic rings. The summed E-state index contributed by atoms with van der Waals surface area (Å²) in [5, 5.41) is 3.44. The Balaban J connectivity index is 1.81. The number of fused-ring (bicyclic) bond motifs is 1. The molecule has 7 nitrogen and oxygen atoms in total. The number of hydrogen-bond acceptors (Lipinski definition) is 5. The van der Waals surface area contributed by atoms with E-state index < -0.39 is 30.5 Å². The Bertz CT molecular complexity index is 529. The third-order valence-corrected chi connectivity index (χ3v) is 3.13. The van der Waals surface area contributed by atoms with Crippen molar-refractivity contribution in [3.63, 3.8) is 0 Å². The number of azide groups is 1. The van der Waals surface area contributed by atoms with E-state index in [0.29, 0.717) is 0 Å². The average Bonchev–Trinajstić information content (AvgIpc) is 2.76. The van der Waals surface area contributed by atoms with Crippen LogP contribution in [0.3, 0.4) is 0 Å². The first kappa shape index (κ1) is 12.0. The lowest BCUT2D eigenvalue weighted by atomic mass is 10.1. The van der Waals surface area contributed by atoms with Gasteiger partial charge in [-0.1, -0.05) is 35.4 Å². The molecule has 1 aromatic carbocycles. The number of carbonyl (C=O) groups excluding carboxylic acids is 1. The molecule has 2 fully saturated rings. The molecule has 0 unspecified atom stereocenters. The molecule has 0 radical (unpaired) electrons. The van der Waals surface area contributed by atoms with Crippen LogP contribution in [0.25, 0.3) is 10.4 Å². The maximum atomic E-state index is 11.6. The highest BCUT2D eigenvalue weighted by atomic mass is 16.7. The van der Waals surface area contributed by atoms with E-state index in [0.717, 1.165) is 5.56 Å². The van der Waals surface area contributed by atoms with Crippen LogP contribution in [0, 0.1) is 0 Å². The standard InChI is InChI=1S/C12H11N3O4/c13-15-14-9-10-8(18-11(9)16)6-17-12(19-10)7-4-2-1-3-5-7/h1-5,8-10,12H,6H2/t8-,9+,10+,12+/m1/s1. The second-order valence-corrected chi connectivity index (χ2v) is 4.30. The van der Waals surface area contributed by atoms with Crippen molar-refractivity contribution in [1.82, 2.24) is 0 Å². The van der Waals surface area contributed by atoms with Gasteiger partial charge in [0.05, 0.1) is 6.61 Å². The summed E-state index contributed by atoms with van der Waals surface area (Å²) in [6, 6.07) is 8.42. The number of nitrogens with zero attached hydrogens (tertiary/aromatic N) is 3. The van der Waals surface area contributed by atoms with Crippen molar-refractivity contribution in [3.8, 4) is 0 Å². The molecule has 0 bridgehead atoms. The summed E-state index contributed by atoms with van der Waals surface area (Å²) in [6.07, 6.45) is -1.68. The zero-order valence-electron chi connectivity index (χ0n) is 9.88. The molecule has 3 rings (SSSR count). The van der Waals surface area contributed by atoms with Crippen molar-refractivity contribution >= 4 is 5.97 Å². The van der Waals surface area contributed by atoms with Crippen LogP contribution in [0.5, 0.6) is 0 Å². The van der Waals surface area contributed by atoms with Crippen LogP contribution in [-0.2, 0) is 19.0 Å². The molecule has 7 heteroatoms. The molecule has 0 aromatic heterocycles. The second kappa shape index (κ2) is 4.89.